The highest BCUT2D eigenvalue weighted by molar-refractivity contribution is 6.10. The second kappa shape index (κ2) is 6.26. The van der Waals surface area contributed by atoms with Crippen LogP contribution in [0.1, 0.15) is 36.0 Å². The van der Waals surface area contributed by atoms with E-state index in [-0.39, 0.29) is 0 Å². The number of alkyl halides is 3. The van der Waals surface area contributed by atoms with Gasteiger partial charge in [-0.1, -0.05) is 25.0 Å². The number of urea groups is 1. The van der Waals surface area contributed by atoms with Crippen molar-refractivity contribution in [1.82, 2.24) is 15.5 Å². The van der Waals surface area contributed by atoms with Gasteiger partial charge >= 0.3 is 12.2 Å². The van der Waals surface area contributed by atoms with Crippen LogP contribution in [0.4, 0.5) is 22.4 Å². The Kier molecular flexibility index (Phi) is 4.37. The first-order chi connectivity index (χ1) is 12.2. The number of rotatable bonds is 3. The minimum Gasteiger partial charge on any atom is -0.314 e. The van der Waals surface area contributed by atoms with Crippen molar-refractivity contribution in [3.63, 3.8) is 0 Å². The molecule has 2 fully saturated rings. The van der Waals surface area contributed by atoms with E-state index in [1.165, 1.54) is 17.4 Å². The van der Waals surface area contributed by atoms with E-state index in [2.05, 4.69) is 0 Å². The van der Waals surface area contributed by atoms with Gasteiger partial charge in [-0.15, -0.1) is 0 Å². The first kappa shape index (κ1) is 18.2. The van der Waals surface area contributed by atoms with Gasteiger partial charge in [0, 0.05) is 6.04 Å². The zero-order valence-corrected chi connectivity index (χ0v) is 13.4. The van der Waals surface area contributed by atoms with Crippen molar-refractivity contribution in [2.45, 2.75) is 43.6 Å². The molecular formula is C16H15F4N3O3. The van der Waals surface area contributed by atoms with E-state index in [9.17, 15) is 31.9 Å². The molecule has 1 aromatic rings. The predicted molar refractivity (Wildman–Crippen MR) is 80.3 cm³/mol. The zero-order valence-electron chi connectivity index (χ0n) is 13.4. The maximum absolute atomic E-state index is 13.7. The molecule has 140 valence electrons. The number of nitrogens with zero attached hydrogens (tertiary/aromatic N) is 1. The van der Waals surface area contributed by atoms with Crippen molar-refractivity contribution < 1.29 is 31.9 Å². The molecule has 0 spiro atoms. The molecule has 2 N–H and O–H groups in total. The maximum Gasteiger partial charge on any atom is 0.440 e. The number of nitrogens with one attached hydrogen (secondary N) is 2. The fourth-order valence-corrected chi connectivity index (χ4v) is 3.27. The summed E-state index contributed by atoms with van der Waals surface area (Å²) in [5.41, 5.74) is -4.29. The topological polar surface area (TPSA) is 78.5 Å². The highest BCUT2D eigenvalue weighted by Gasteiger charge is 2.69. The predicted octanol–water partition coefficient (Wildman–Crippen LogP) is 2.31. The third-order valence-electron chi connectivity index (χ3n) is 4.59. The molecule has 1 saturated heterocycles. The second-order valence-electron chi connectivity index (χ2n) is 6.23. The quantitative estimate of drug-likeness (QED) is 0.631. The SMILES string of the molecule is O=C(NC1(C(F)(F)F)NC(=O)N(C2CCCC2)C1=O)c1ccccc1F. The Morgan fingerprint density at radius 2 is 1.81 bits per heavy atom. The van der Waals surface area contributed by atoms with Crippen LogP contribution in [-0.4, -0.2) is 40.6 Å². The largest absolute Gasteiger partial charge is 0.440 e. The Labute approximate surface area is 145 Å². The van der Waals surface area contributed by atoms with Gasteiger partial charge in [0.05, 0.1) is 5.56 Å². The standard InChI is InChI=1S/C16H15F4N3O3/c17-11-8-4-3-7-10(11)12(24)21-15(16(18,19)20)13(25)23(14(26)22-15)9-5-1-2-6-9/h3-4,7-9H,1-2,5-6H2,(H,21,24)(H,22,26). The zero-order chi connectivity index (χ0) is 19.1. The third kappa shape index (κ3) is 2.78. The highest BCUT2D eigenvalue weighted by atomic mass is 19.4. The highest BCUT2D eigenvalue weighted by Crippen LogP contribution is 2.37. The van der Waals surface area contributed by atoms with E-state index >= 15 is 0 Å². The lowest BCUT2D eigenvalue weighted by Crippen LogP contribution is -2.69. The summed E-state index contributed by atoms with van der Waals surface area (Å²) in [6.07, 6.45) is -3.15. The molecule has 1 aromatic carbocycles. The molecule has 4 amide bonds. The number of halogens is 4. The van der Waals surface area contributed by atoms with Crippen LogP contribution >= 0.6 is 0 Å². The average molecular weight is 373 g/mol. The molecule has 0 aromatic heterocycles. The molecule has 0 radical (unpaired) electrons. The monoisotopic (exact) mass is 373 g/mol. The molecule has 1 atom stereocenters. The van der Waals surface area contributed by atoms with Gasteiger partial charge in [-0.3, -0.25) is 19.8 Å². The Morgan fingerprint density at radius 1 is 1.19 bits per heavy atom. The smallest absolute Gasteiger partial charge is 0.314 e. The van der Waals surface area contributed by atoms with Gasteiger partial charge in [0.2, 0.25) is 0 Å². The Hall–Kier alpha value is -2.65. The van der Waals surface area contributed by atoms with Crippen LogP contribution in [0, 0.1) is 5.82 Å². The molecule has 1 unspecified atom stereocenters. The third-order valence-corrected chi connectivity index (χ3v) is 4.59. The van der Waals surface area contributed by atoms with Gasteiger partial charge in [0.1, 0.15) is 5.82 Å². The van der Waals surface area contributed by atoms with Crippen LogP contribution < -0.4 is 10.6 Å². The summed E-state index contributed by atoms with van der Waals surface area (Å²) in [6.45, 7) is 0. The van der Waals surface area contributed by atoms with Gasteiger partial charge in [-0.05, 0) is 25.0 Å². The van der Waals surface area contributed by atoms with Crippen LogP contribution in [0.3, 0.4) is 0 Å². The van der Waals surface area contributed by atoms with E-state index in [1.807, 2.05) is 0 Å². The first-order valence-electron chi connectivity index (χ1n) is 7.97. The van der Waals surface area contributed by atoms with Gasteiger partial charge in [0.15, 0.2) is 0 Å². The van der Waals surface area contributed by atoms with E-state index in [4.69, 9.17) is 0 Å². The Bertz CT molecular complexity index is 761. The fourth-order valence-electron chi connectivity index (χ4n) is 3.27. The van der Waals surface area contributed by atoms with Crippen LogP contribution in [0.15, 0.2) is 24.3 Å². The number of hydrogen-bond donors (Lipinski definition) is 2. The molecule has 26 heavy (non-hydrogen) atoms. The van der Waals surface area contributed by atoms with Crippen LogP contribution in [-0.2, 0) is 4.79 Å². The van der Waals surface area contributed by atoms with Crippen LogP contribution in [0.2, 0.25) is 0 Å². The van der Waals surface area contributed by atoms with Crippen LogP contribution in [0.5, 0.6) is 0 Å². The van der Waals surface area contributed by atoms with E-state index < -0.39 is 47.1 Å². The summed E-state index contributed by atoms with van der Waals surface area (Å²) in [4.78, 5) is 37.3. The van der Waals surface area contributed by atoms with E-state index in [0.29, 0.717) is 30.6 Å². The summed E-state index contributed by atoms with van der Waals surface area (Å²) >= 11 is 0. The van der Waals surface area contributed by atoms with Crippen molar-refractivity contribution >= 4 is 17.8 Å². The molecule has 2 aliphatic rings. The molecular weight excluding hydrogens is 358 g/mol. The Balaban J connectivity index is 1.96. The molecule has 10 heteroatoms. The molecule has 1 aliphatic heterocycles. The summed E-state index contributed by atoms with van der Waals surface area (Å²) in [7, 11) is 0. The Morgan fingerprint density at radius 3 is 2.38 bits per heavy atom. The summed E-state index contributed by atoms with van der Waals surface area (Å²) in [5, 5.41) is 3.06. The van der Waals surface area contributed by atoms with Gasteiger partial charge in [-0.2, -0.15) is 13.2 Å². The lowest BCUT2D eigenvalue weighted by molar-refractivity contribution is -0.200. The number of imide groups is 1. The number of benzene rings is 1. The first-order valence-corrected chi connectivity index (χ1v) is 7.97. The number of hydrogen-bond acceptors (Lipinski definition) is 3. The van der Waals surface area contributed by atoms with Crippen LogP contribution in [0.25, 0.3) is 0 Å². The van der Waals surface area contributed by atoms with Gasteiger partial charge in [0.25, 0.3) is 17.5 Å². The number of carbonyl (C=O) groups is 3. The minimum atomic E-state index is -5.31. The second-order valence-corrected chi connectivity index (χ2v) is 6.23. The number of carbonyl (C=O) groups excluding carboxylic acids is 3. The lowest BCUT2D eigenvalue weighted by atomic mass is 10.1. The molecule has 1 saturated carbocycles. The molecule has 6 nitrogen and oxygen atoms in total. The van der Waals surface area contributed by atoms with Crippen molar-refractivity contribution in [2.24, 2.45) is 0 Å². The summed E-state index contributed by atoms with van der Waals surface area (Å²) in [5.74, 6) is -4.11. The molecule has 0 bridgehead atoms. The van der Waals surface area contributed by atoms with E-state index in [0.717, 1.165) is 12.1 Å². The van der Waals surface area contributed by atoms with Gasteiger partial charge < -0.3 is 5.32 Å². The molecule has 3 rings (SSSR count). The van der Waals surface area contributed by atoms with Crippen molar-refractivity contribution in [3.05, 3.63) is 35.6 Å². The summed E-state index contributed by atoms with van der Waals surface area (Å²) < 4.78 is 54.8. The van der Waals surface area contributed by atoms with Crippen molar-refractivity contribution in [1.29, 1.82) is 0 Å². The number of amides is 4. The maximum atomic E-state index is 13.7. The van der Waals surface area contributed by atoms with Gasteiger partial charge in [-0.25, -0.2) is 9.18 Å². The molecule has 1 aliphatic carbocycles. The minimum absolute atomic E-state index is 0.397. The lowest BCUT2D eigenvalue weighted by Gasteiger charge is -2.30. The normalized spacial score (nSPS) is 24.1. The summed E-state index contributed by atoms with van der Waals surface area (Å²) in [6, 6.07) is 2.51. The fraction of sp³-hybridized carbons (Fsp3) is 0.438. The van der Waals surface area contributed by atoms with Crippen molar-refractivity contribution in [2.75, 3.05) is 0 Å². The van der Waals surface area contributed by atoms with Crippen molar-refractivity contribution in [3.8, 4) is 0 Å². The molecule has 1 heterocycles. The average Bonchev–Trinajstić information content (AvgIpc) is 3.14. The van der Waals surface area contributed by atoms with E-state index in [1.54, 1.807) is 5.32 Å².